The Labute approximate surface area is 118 Å². The standard InChI is InChI=1S/C15H20N2O3/c1-10-4-5-13(11(2)16-10)14(18)17-8-6-12(7-9-17)15(19)20-3/h4-5,12H,6-9H2,1-3H3. The Balaban J connectivity index is 2.03. The van der Waals surface area contributed by atoms with E-state index in [0.29, 0.717) is 31.5 Å². The van der Waals surface area contributed by atoms with Gasteiger partial charge in [-0.1, -0.05) is 0 Å². The van der Waals surface area contributed by atoms with Crippen LogP contribution in [0.25, 0.3) is 0 Å². The molecule has 108 valence electrons. The molecule has 2 rings (SSSR count). The van der Waals surface area contributed by atoms with Gasteiger partial charge in [-0.2, -0.15) is 0 Å². The fourth-order valence-electron chi connectivity index (χ4n) is 2.57. The number of carbonyl (C=O) groups is 2. The van der Waals surface area contributed by atoms with Crippen LogP contribution >= 0.6 is 0 Å². The van der Waals surface area contributed by atoms with Crippen molar-refractivity contribution >= 4 is 11.9 Å². The van der Waals surface area contributed by atoms with E-state index in [-0.39, 0.29) is 17.8 Å². The summed E-state index contributed by atoms with van der Waals surface area (Å²) in [6, 6.07) is 3.67. The van der Waals surface area contributed by atoms with Crippen molar-refractivity contribution in [3.8, 4) is 0 Å². The minimum atomic E-state index is -0.176. The number of methoxy groups -OCH3 is 1. The van der Waals surface area contributed by atoms with Gasteiger partial charge in [-0.05, 0) is 38.8 Å². The zero-order chi connectivity index (χ0) is 14.7. The molecule has 0 aromatic carbocycles. The van der Waals surface area contributed by atoms with Crippen molar-refractivity contribution in [1.29, 1.82) is 0 Å². The van der Waals surface area contributed by atoms with Gasteiger partial charge in [0.1, 0.15) is 0 Å². The molecule has 0 spiro atoms. The van der Waals surface area contributed by atoms with Gasteiger partial charge in [0, 0.05) is 18.8 Å². The first kappa shape index (κ1) is 14.5. The number of hydrogen-bond donors (Lipinski definition) is 0. The summed E-state index contributed by atoms with van der Waals surface area (Å²) in [7, 11) is 1.40. The van der Waals surface area contributed by atoms with E-state index in [1.54, 1.807) is 4.90 Å². The molecule has 2 heterocycles. The molecule has 0 bridgehead atoms. The summed E-state index contributed by atoms with van der Waals surface area (Å²) in [5.41, 5.74) is 2.31. The van der Waals surface area contributed by atoms with Gasteiger partial charge in [0.15, 0.2) is 0 Å². The van der Waals surface area contributed by atoms with E-state index < -0.39 is 0 Å². The fraction of sp³-hybridized carbons (Fsp3) is 0.533. The van der Waals surface area contributed by atoms with Gasteiger partial charge in [0.2, 0.25) is 0 Å². The highest BCUT2D eigenvalue weighted by molar-refractivity contribution is 5.95. The Bertz CT molecular complexity index is 520. The Kier molecular flexibility index (Phi) is 4.37. The van der Waals surface area contributed by atoms with Crippen LogP contribution in [0.1, 0.15) is 34.6 Å². The molecule has 1 amide bonds. The molecule has 0 N–H and O–H groups in total. The van der Waals surface area contributed by atoms with Gasteiger partial charge in [0.05, 0.1) is 24.3 Å². The van der Waals surface area contributed by atoms with Crippen molar-refractivity contribution in [3.05, 3.63) is 29.1 Å². The lowest BCUT2D eigenvalue weighted by atomic mass is 9.96. The van der Waals surface area contributed by atoms with Crippen molar-refractivity contribution in [2.75, 3.05) is 20.2 Å². The molecule has 0 unspecified atom stereocenters. The minimum absolute atomic E-state index is 0.00156. The van der Waals surface area contributed by atoms with Crippen LogP contribution in [0.4, 0.5) is 0 Å². The largest absolute Gasteiger partial charge is 0.469 e. The monoisotopic (exact) mass is 276 g/mol. The average molecular weight is 276 g/mol. The van der Waals surface area contributed by atoms with Crippen molar-refractivity contribution < 1.29 is 14.3 Å². The first-order valence-electron chi connectivity index (χ1n) is 6.84. The Morgan fingerprint density at radius 2 is 1.90 bits per heavy atom. The van der Waals surface area contributed by atoms with Crippen LogP contribution in [0, 0.1) is 19.8 Å². The molecular weight excluding hydrogens is 256 g/mol. The normalized spacial score (nSPS) is 16.1. The third kappa shape index (κ3) is 2.98. The number of carbonyl (C=O) groups excluding carboxylic acids is 2. The van der Waals surface area contributed by atoms with Gasteiger partial charge in [0.25, 0.3) is 5.91 Å². The Morgan fingerprint density at radius 1 is 1.25 bits per heavy atom. The lowest BCUT2D eigenvalue weighted by Crippen LogP contribution is -2.40. The van der Waals surface area contributed by atoms with Gasteiger partial charge >= 0.3 is 5.97 Å². The van der Waals surface area contributed by atoms with Crippen LogP contribution < -0.4 is 0 Å². The maximum Gasteiger partial charge on any atom is 0.308 e. The third-order valence-electron chi connectivity index (χ3n) is 3.77. The second-order valence-electron chi connectivity index (χ2n) is 5.18. The Morgan fingerprint density at radius 3 is 2.45 bits per heavy atom. The van der Waals surface area contributed by atoms with E-state index in [4.69, 9.17) is 4.74 Å². The van der Waals surface area contributed by atoms with E-state index >= 15 is 0 Å². The zero-order valence-electron chi connectivity index (χ0n) is 12.2. The molecule has 0 aliphatic carbocycles. The second-order valence-corrected chi connectivity index (χ2v) is 5.18. The lowest BCUT2D eigenvalue weighted by molar-refractivity contribution is -0.146. The number of ether oxygens (including phenoxy) is 1. The number of pyridine rings is 1. The second kappa shape index (κ2) is 6.03. The summed E-state index contributed by atoms with van der Waals surface area (Å²) in [6.45, 7) is 4.93. The van der Waals surface area contributed by atoms with E-state index in [0.717, 1.165) is 11.4 Å². The molecule has 1 aliphatic heterocycles. The molecule has 1 aromatic rings. The lowest BCUT2D eigenvalue weighted by Gasteiger charge is -2.31. The fourth-order valence-corrected chi connectivity index (χ4v) is 2.57. The van der Waals surface area contributed by atoms with Gasteiger partial charge in [-0.15, -0.1) is 0 Å². The van der Waals surface area contributed by atoms with Crippen molar-refractivity contribution in [3.63, 3.8) is 0 Å². The van der Waals surface area contributed by atoms with E-state index in [2.05, 4.69) is 4.98 Å². The number of likely N-dealkylation sites (tertiary alicyclic amines) is 1. The number of aryl methyl sites for hydroxylation is 2. The van der Waals surface area contributed by atoms with Gasteiger partial charge < -0.3 is 9.64 Å². The zero-order valence-corrected chi connectivity index (χ0v) is 12.2. The average Bonchev–Trinajstić information content (AvgIpc) is 2.46. The minimum Gasteiger partial charge on any atom is -0.469 e. The first-order valence-corrected chi connectivity index (χ1v) is 6.84. The van der Waals surface area contributed by atoms with Gasteiger partial charge in [-0.25, -0.2) is 0 Å². The highest BCUT2D eigenvalue weighted by atomic mass is 16.5. The van der Waals surface area contributed by atoms with Crippen LogP contribution in [0.2, 0.25) is 0 Å². The molecule has 0 atom stereocenters. The quantitative estimate of drug-likeness (QED) is 0.772. The molecule has 1 saturated heterocycles. The number of nitrogens with zero attached hydrogens (tertiary/aromatic N) is 2. The summed E-state index contributed by atoms with van der Waals surface area (Å²) >= 11 is 0. The topological polar surface area (TPSA) is 59.5 Å². The summed E-state index contributed by atoms with van der Waals surface area (Å²) in [5, 5.41) is 0. The molecular formula is C15H20N2O3. The molecule has 1 aliphatic rings. The van der Waals surface area contributed by atoms with Crippen molar-refractivity contribution in [2.24, 2.45) is 5.92 Å². The number of hydrogen-bond acceptors (Lipinski definition) is 4. The maximum absolute atomic E-state index is 12.4. The van der Waals surface area contributed by atoms with E-state index in [1.165, 1.54) is 7.11 Å². The van der Waals surface area contributed by atoms with Crippen LogP contribution in [-0.2, 0) is 9.53 Å². The molecule has 5 heteroatoms. The first-order chi connectivity index (χ1) is 9.52. The maximum atomic E-state index is 12.4. The molecule has 20 heavy (non-hydrogen) atoms. The summed E-state index contributed by atoms with van der Waals surface area (Å²) < 4.78 is 4.75. The molecule has 0 saturated carbocycles. The number of piperidine rings is 1. The molecule has 1 fully saturated rings. The van der Waals surface area contributed by atoms with Crippen LogP contribution in [0.3, 0.4) is 0 Å². The third-order valence-corrected chi connectivity index (χ3v) is 3.77. The van der Waals surface area contributed by atoms with Crippen LogP contribution in [0.15, 0.2) is 12.1 Å². The number of aromatic nitrogens is 1. The van der Waals surface area contributed by atoms with Gasteiger partial charge in [-0.3, -0.25) is 14.6 Å². The predicted octanol–water partition coefficient (Wildman–Crippen LogP) is 1.72. The van der Waals surface area contributed by atoms with Crippen molar-refractivity contribution in [2.45, 2.75) is 26.7 Å². The SMILES string of the molecule is COC(=O)C1CCN(C(=O)c2ccc(C)nc2C)CC1. The number of esters is 1. The highest BCUT2D eigenvalue weighted by Gasteiger charge is 2.28. The number of amides is 1. The summed E-state index contributed by atoms with van der Waals surface area (Å²) in [4.78, 5) is 30.0. The number of rotatable bonds is 2. The smallest absolute Gasteiger partial charge is 0.308 e. The van der Waals surface area contributed by atoms with Crippen molar-refractivity contribution in [1.82, 2.24) is 9.88 Å². The Hall–Kier alpha value is -1.91. The van der Waals surface area contributed by atoms with E-state index in [9.17, 15) is 9.59 Å². The molecule has 1 aromatic heterocycles. The summed E-state index contributed by atoms with van der Waals surface area (Å²) in [6.07, 6.45) is 1.33. The summed E-state index contributed by atoms with van der Waals surface area (Å²) in [5.74, 6) is -0.259. The molecule has 5 nitrogen and oxygen atoms in total. The highest BCUT2D eigenvalue weighted by Crippen LogP contribution is 2.20. The predicted molar refractivity (Wildman–Crippen MR) is 74.4 cm³/mol. The van der Waals surface area contributed by atoms with Crippen LogP contribution in [-0.4, -0.2) is 42.0 Å². The molecule has 0 radical (unpaired) electrons. The van der Waals surface area contributed by atoms with Crippen LogP contribution in [0.5, 0.6) is 0 Å². The van der Waals surface area contributed by atoms with E-state index in [1.807, 2.05) is 26.0 Å².